The molecule has 1 atom stereocenters. The minimum Gasteiger partial charge on any atom is -0.377 e. The number of benzene rings is 2. The monoisotopic (exact) mass is 454 g/mol. The molecule has 1 saturated heterocycles. The number of para-hydroxylation sites is 1. The Hall–Kier alpha value is -2.81. The Bertz CT molecular complexity index is 1320. The number of Topliss-reactive ketones (excluding diaryl/α,β-unsaturated/α-hetero) is 1. The molecule has 3 aromatic rings. The number of aromatic nitrogens is 1. The first-order chi connectivity index (χ1) is 15.3. The van der Waals surface area contributed by atoms with Crippen LogP contribution >= 0.6 is 0 Å². The van der Waals surface area contributed by atoms with E-state index in [1.54, 1.807) is 18.2 Å². The minimum atomic E-state index is -3.97. The summed E-state index contributed by atoms with van der Waals surface area (Å²) in [5, 5.41) is 0.840. The van der Waals surface area contributed by atoms with Gasteiger partial charge in [-0.15, -0.1) is 0 Å². The fourth-order valence-corrected chi connectivity index (χ4v) is 5.52. The van der Waals surface area contributed by atoms with E-state index in [9.17, 15) is 18.0 Å². The standard InChI is InChI=1S/C24H26N2O5S/c1-16-6-3-8-19-12-20(24(28)25-23(16)19)14-26(15-21-9-5-11-31-21)32(29,30)22-10-4-7-18(13-22)17(2)27/h3-4,6-8,10,12-13,21H,5,9,11,14-15H2,1-2H3,(H,25,28)/t21-/m0/s1. The van der Waals surface area contributed by atoms with Gasteiger partial charge in [-0.25, -0.2) is 8.42 Å². The van der Waals surface area contributed by atoms with E-state index in [1.165, 1.54) is 23.4 Å². The molecule has 7 nitrogen and oxygen atoms in total. The number of rotatable bonds is 7. The SMILES string of the molecule is CC(=O)c1cccc(S(=O)(=O)N(Cc2cc3cccc(C)c3[nH]c2=O)C[C@@H]2CCCO2)c1. The fraction of sp³-hybridized carbons (Fsp3) is 0.333. The van der Waals surface area contributed by atoms with Crippen molar-refractivity contribution >= 4 is 26.7 Å². The van der Waals surface area contributed by atoms with Gasteiger partial charge in [0.1, 0.15) is 0 Å². The summed E-state index contributed by atoms with van der Waals surface area (Å²) in [5.74, 6) is -0.214. The summed E-state index contributed by atoms with van der Waals surface area (Å²) in [7, 11) is -3.97. The number of hydrogen-bond donors (Lipinski definition) is 1. The summed E-state index contributed by atoms with van der Waals surface area (Å²) < 4.78 is 34.1. The van der Waals surface area contributed by atoms with Gasteiger partial charge >= 0.3 is 0 Å². The van der Waals surface area contributed by atoms with Crippen molar-refractivity contribution in [3.8, 4) is 0 Å². The number of carbonyl (C=O) groups is 1. The van der Waals surface area contributed by atoms with Gasteiger partial charge in [0, 0.05) is 30.8 Å². The van der Waals surface area contributed by atoms with Crippen LogP contribution in [0.1, 0.15) is 41.3 Å². The molecule has 2 aromatic carbocycles. The van der Waals surface area contributed by atoms with E-state index in [-0.39, 0.29) is 35.4 Å². The maximum Gasteiger partial charge on any atom is 0.252 e. The first-order valence-electron chi connectivity index (χ1n) is 10.6. The van der Waals surface area contributed by atoms with Crippen LogP contribution in [0.4, 0.5) is 0 Å². The van der Waals surface area contributed by atoms with Crippen molar-refractivity contribution in [1.29, 1.82) is 0 Å². The lowest BCUT2D eigenvalue weighted by atomic mass is 10.1. The molecule has 4 rings (SSSR count). The minimum absolute atomic E-state index is 0.0243. The molecule has 168 valence electrons. The molecule has 32 heavy (non-hydrogen) atoms. The topological polar surface area (TPSA) is 96.5 Å². The maximum absolute atomic E-state index is 13.6. The van der Waals surface area contributed by atoms with E-state index in [4.69, 9.17) is 4.74 Å². The molecule has 1 aliphatic heterocycles. The number of ketones is 1. The molecule has 1 N–H and O–H groups in total. The van der Waals surface area contributed by atoms with Crippen molar-refractivity contribution in [2.45, 2.75) is 44.2 Å². The molecular weight excluding hydrogens is 428 g/mol. The summed E-state index contributed by atoms with van der Waals surface area (Å²) in [4.78, 5) is 27.5. The Morgan fingerprint density at radius 1 is 1.19 bits per heavy atom. The molecule has 2 heterocycles. The molecule has 0 unspecified atom stereocenters. The Balaban J connectivity index is 1.75. The number of ether oxygens (including phenoxy) is 1. The molecular formula is C24H26N2O5S. The van der Waals surface area contributed by atoms with E-state index >= 15 is 0 Å². The number of fused-ring (bicyclic) bond motifs is 1. The van der Waals surface area contributed by atoms with E-state index in [2.05, 4.69) is 4.98 Å². The number of sulfonamides is 1. The number of nitrogens with zero attached hydrogens (tertiary/aromatic N) is 1. The van der Waals surface area contributed by atoms with Gasteiger partial charge in [-0.05, 0) is 55.8 Å². The van der Waals surface area contributed by atoms with Crippen molar-refractivity contribution in [2.75, 3.05) is 13.2 Å². The summed E-state index contributed by atoms with van der Waals surface area (Å²) >= 11 is 0. The lowest BCUT2D eigenvalue weighted by molar-refractivity contribution is 0.0925. The zero-order chi connectivity index (χ0) is 22.9. The third-order valence-electron chi connectivity index (χ3n) is 5.82. The fourth-order valence-electron chi connectivity index (χ4n) is 4.02. The highest BCUT2D eigenvalue weighted by Crippen LogP contribution is 2.24. The van der Waals surface area contributed by atoms with Crippen LogP contribution in [-0.4, -0.2) is 42.7 Å². The molecule has 1 fully saturated rings. The Labute approximate surface area is 187 Å². The van der Waals surface area contributed by atoms with E-state index in [1.807, 2.05) is 25.1 Å². The van der Waals surface area contributed by atoms with E-state index in [0.717, 1.165) is 29.3 Å². The predicted molar refractivity (Wildman–Crippen MR) is 122 cm³/mol. The number of aromatic amines is 1. The molecule has 1 aliphatic rings. The van der Waals surface area contributed by atoms with Gasteiger partial charge in [0.05, 0.1) is 16.5 Å². The molecule has 0 saturated carbocycles. The van der Waals surface area contributed by atoms with Gasteiger partial charge in [0.25, 0.3) is 5.56 Å². The Morgan fingerprint density at radius 2 is 1.97 bits per heavy atom. The van der Waals surface area contributed by atoms with Crippen LogP contribution in [0.25, 0.3) is 10.9 Å². The average Bonchev–Trinajstić information content (AvgIpc) is 3.28. The Kier molecular flexibility index (Phi) is 6.28. The summed E-state index contributed by atoms with van der Waals surface area (Å²) in [6, 6.07) is 13.4. The summed E-state index contributed by atoms with van der Waals surface area (Å²) in [6.07, 6.45) is 1.39. The Morgan fingerprint density at radius 3 is 2.69 bits per heavy atom. The van der Waals surface area contributed by atoms with Crippen molar-refractivity contribution in [3.63, 3.8) is 0 Å². The van der Waals surface area contributed by atoms with Crippen LogP contribution in [0.15, 0.2) is 58.2 Å². The maximum atomic E-state index is 13.6. The summed E-state index contributed by atoms with van der Waals surface area (Å²) in [5.41, 5.74) is 2.03. The number of H-pyrrole nitrogens is 1. The smallest absolute Gasteiger partial charge is 0.252 e. The van der Waals surface area contributed by atoms with Crippen molar-refractivity contribution in [2.24, 2.45) is 0 Å². The van der Waals surface area contributed by atoms with Crippen molar-refractivity contribution < 1.29 is 17.9 Å². The van der Waals surface area contributed by atoms with Gasteiger partial charge in [0.2, 0.25) is 10.0 Å². The summed E-state index contributed by atoms with van der Waals surface area (Å²) in [6.45, 7) is 3.94. The molecule has 0 spiro atoms. The predicted octanol–water partition coefficient (Wildman–Crippen LogP) is 3.41. The number of nitrogens with one attached hydrogen (secondary N) is 1. The largest absolute Gasteiger partial charge is 0.377 e. The first-order valence-corrected chi connectivity index (χ1v) is 12.0. The zero-order valence-corrected chi connectivity index (χ0v) is 18.9. The third kappa shape index (κ3) is 4.53. The third-order valence-corrected chi connectivity index (χ3v) is 7.63. The number of carbonyl (C=O) groups excluding carboxylic acids is 1. The van der Waals surface area contributed by atoms with Gasteiger partial charge in [-0.1, -0.05) is 30.3 Å². The van der Waals surface area contributed by atoms with E-state index in [0.29, 0.717) is 17.7 Å². The van der Waals surface area contributed by atoms with Gasteiger partial charge < -0.3 is 9.72 Å². The molecule has 8 heteroatoms. The van der Waals surface area contributed by atoms with Crippen LogP contribution in [-0.2, 0) is 21.3 Å². The van der Waals surface area contributed by atoms with Crippen LogP contribution < -0.4 is 5.56 Å². The normalized spacial score (nSPS) is 16.7. The number of pyridine rings is 1. The highest BCUT2D eigenvalue weighted by Gasteiger charge is 2.30. The van der Waals surface area contributed by atoms with Gasteiger partial charge in [-0.2, -0.15) is 4.31 Å². The molecule has 0 aliphatic carbocycles. The lowest BCUT2D eigenvalue weighted by Gasteiger charge is -2.25. The van der Waals surface area contributed by atoms with Crippen LogP contribution in [0.5, 0.6) is 0 Å². The zero-order valence-electron chi connectivity index (χ0n) is 18.1. The lowest BCUT2D eigenvalue weighted by Crippen LogP contribution is -2.38. The highest BCUT2D eigenvalue weighted by atomic mass is 32.2. The molecule has 0 radical (unpaired) electrons. The number of hydrogen-bond acceptors (Lipinski definition) is 5. The van der Waals surface area contributed by atoms with E-state index < -0.39 is 10.0 Å². The quantitative estimate of drug-likeness (QED) is 0.552. The number of aryl methyl sites for hydroxylation is 1. The first kappa shape index (κ1) is 22.4. The van der Waals surface area contributed by atoms with Crippen molar-refractivity contribution in [1.82, 2.24) is 9.29 Å². The molecule has 1 aromatic heterocycles. The van der Waals surface area contributed by atoms with Crippen LogP contribution in [0.2, 0.25) is 0 Å². The second-order valence-corrected chi connectivity index (χ2v) is 10.1. The molecule has 0 amide bonds. The molecule has 0 bridgehead atoms. The highest BCUT2D eigenvalue weighted by molar-refractivity contribution is 7.89. The van der Waals surface area contributed by atoms with Crippen LogP contribution in [0.3, 0.4) is 0 Å². The van der Waals surface area contributed by atoms with Crippen molar-refractivity contribution in [3.05, 3.63) is 75.6 Å². The van der Waals surface area contributed by atoms with Gasteiger partial charge in [-0.3, -0.25) is 9.59 Å². The average molecular weight is 455 g/mol. The second-order valence-electron chi connectivity index (χ2n) is 8.18. The van der Waals surface area contributed by atoms with Gasteiger partial charge in [0.15, 0.2) is 5.78 Å². The second kappa shape index (κ2) is 8.97. The van der Waals surface area contributed by atoms with Crippen LogP contribution in [0, 0.1) is 6.92 Å².